The molecule has 1 heterocycles. The number of rotatable bonds is 6. The van der Waals surface area contributed by atoms with Gasteiger partial charge >= 0.3 is 0 Å². The molecule has 0 bridgehead atoms. The first kappa shape index (κ1) is 16.1. The predicted octanol–water partition coefficient (Wildman–Crippen LogP) is 2.86. The Labute approximate surface area is 141 Å². The van der Waals surface area contributed by atoms with Gasteiger partial charge in [0.1, 0.15) is 5.01 Å². The Morgan fingerprint density at radius 3 is 2.91 bits per heavy atom. The highest BCUT2D eigenvalue weighted by atomic mass is 32.1. The fraction of sp³-hybridized carbons (Fsp3) is 0.444. The molecule has 1 aromatic heterocycles. The van der Waals surface area contributed by atoms with Gasteiger partial charge in [0.2, 0.25) is 5.91 Å². The van der Waals surface area contributed by atoms with Crippen molar-refractivity contribution in [3.8, 4) is 0 Å². The summed E-state index contributed by atoms with van der Waals surface area (Å²) in [7, 11) is 1.65. The summed E-state index contributed by atoms with van der Waals surface area (Å²) in [4.78, 5) is 15.9. The first-order valence-electron chi connectivity index (χ1n) is 8.18. The normalized spacial score (nSPS) is 20.6. The second-order valence-electron chi connectivity index (χ2n) is 6.02. The lowest BCUT2D eigenvalue weighted by atomic mass is 9.94. The molecule has 1 amide bonds. The third kappa shape index (κ3) is 4.18. The molecule has 4 nitrogen and oxygen atoms in total. The van der Waals surface area contributed by atoms with Crippen LogP contribution in [0.3, 0.4) is 0 Å². The van der Waals surface area contributed by atoms with Crippen LogP contribution in [0.2, 0.25) is 0 Å². The van der Waals surface area contributed by atoms with Crippen molar-refractivity contribution < 1.29 is 4.79 Å². The smallest absolute Gasteiger partial charge is 0.226 e. The predicted molar refractivity (Wildman–Crippen MR) is 93.5 cm³/mol. The second kappa shape index (κ2) is 7.70. The minimum absolute atomic E-state index is 0.0128. The maximum Gasteiger partial charge on any atom is 0.226 e. The first-order chi connectivity index (χ1) is 11.3. The minimum atomic E-state index is 0.0128. The van der Waals surface area contributed by atoms with Crippen molar-refractivity contribution in [3.63, 3.8) is 0 Å². The van der Waals surface area contributed by atoms with Gasteiger partial charge < -0.3 is 10.6 Å². The average molecular weight is 329 g/mol. The van der Waals surface area contributed by atoms with Crippen LogP contribution in [-0.4, -0.2) is 24.0 Å². The molecule has 2 atom stereocenters. The molecule has 1 aliphatic carbocycles. The molecule has 5 heteroatoms. The summed E-state index contributed by atoms with van der Waals surface area (Å²) >= 11 is 1.56. The van der Waals surface area contributed by atoms with Crippen molar-refractivity contribution in [3.05, 3.63) is 52.0 Å². The topological polar surface area (TPSA) is 54.0 Å². The van der Waals surface area contributed by atoms with Gasteiger partial charge in [0.05, 0.1) is 12.1 Å². The Bertz CT molecular complexity index is 641. The Morgan fingerprint density at radius 2 is 2.13 bits per heavy atom. The molecule has 2 N–H and O–H groups in total. The van der Waals surface area contributed by atoms with E-state index in [-0.39, 0.29) is 5.91 Å². The molecule has 1 aromatic carbocycles. The molecule has 1 saturated carbocycles. The largest absolute Gasteiger partial charge is 0.359 e. The summed E-state index contributed by atoms with van der Waals surface area (Å²) in [5, 5.41) is 9.24. The summed E-state index contributed by atoms with van der Waals surface area (Å²) in [5.74, 6) is 0.610. The van der Waals surface area contributed by atoms with E-state index in [2.05, 4.69) is 51.3 Å². The zero-order valence-corrected chi connectivity index (χ0v) is 14.2. The maximum atomic E-state index is 11.4. The van der Waals surface area contributed by atoms with Crippen LogP contribution in [0, 0.1) is 0 Å². The fourth-order valence-corrected chi connectivity index (χ4v) is 4.07. The number of benzene rings is 1. The van der Waals surface area contributed by atoms with Gasteiger partial charge in [-0.3, -0.25) is 4.79 Å². The minimum Gasteiger partial charge on any atom is -0.359 e. The first-order valence-corrected chi connectivity index (χ1v) is 9.06. The number of hydrogen-bond donors (Lipinski definition) is 2. The van der Waals surface area contributed by atoms with E-state index in [1.54, 1.807) is 18.4 Å². The SMILES string of the molecule is CNC(=O)Cc1nc(CN[C@@H]2CCC[C@H]2c2ccccc2)cs1. The van der Waals surface area contributed by atoms with Gasteiger partial charge in [-0.05, 0) is 24.3 Å². The third-order valence-electron chi connectivity index (χ3n) is 4.48. The Balaban J connectivity index is 1.56. The highest BCUT2D eigenvalue weighted by Gasteiger charge is 2.28. The molecule has 2 aromatic rings. The molecule has 0 radical (unpaired) electrons. The van der Waals surface area contributed by atoms with Crippen LogP contribution >= 0.6 is 11.3 Å². The number of carbonyl (C=O) groups is 1. The van der Waals surface area contributed by atoms with Crippen molar-refractivity contribution in [1.29, 1.82) is 0 Å². The van der Waals surface area contributed by atoms with E-state index < -0.39 is 0 Å². The molecule has 3 rings (SSSR count). The van der Waals surface area contributed by atoms with Crippen LogP contribution in [0.5, 0.6) is 0 Å². The van der Waals surface area contributed by atoms with Crippen LogP contribution in [0.1, 0.15) is 41.4 Å². The van der Waals surface area contributed by atoms with E-state index in [0.29, 0.717) is 18.4 Å². The summed E-state index contributed by atoms with van der Waals surface area (Å²) in [6.07, 6.45) is 4.11. The quantitative estimate of drug-likeness (QED) is 0.857. The van der Waals surface area contributed by atoms with Gasteiger partial charge in [-0.2, -0.15) is 0 Å². The van der Waals surface area contributed by atoms with E-state index in [1.165, 1.54) is 24.8 Å². The lowest BCUT2D eigenvalue weighted by molar-refractivity contribution is -0.119. The number of aromatic nitrogens is 1. The van der Waals surface area contributed by atoms with E-state index in [0.717, 1.165) is 17.2 Å². The molecule has 1 aliphatic rings. The van der Waals surface area contributed by atoms with Crippen molar-refractivity contribution in [2.45, 2.75) is 44.2 Å². The number of hydrogen-bond acceptors (Lipinski definition) is 4. The van der Waals surface area contributed by atoms with Gasteiger partial charge in [0.15, 0.2) is 0 Å². The van der Waals surface area contributed by atoms with Crippen molar-refractivity contribution in [2.75, 3.05) is 7.05 Å². The zero-order valence-electron chi connectivity index (χ0n) is 13.4. The number of likely N-dealkylation sites (N-methyl/N-ethyl adjacent to an activating group) is 1. The Morgan fingerprint density at radius 1 is 1.30 bits per heavy atom. The summed E-state index contributed by atoms with van der Waals surface area (Å²) in [6, 6.07) is 11.3. The van der Waals surface area contributed by atoms with E-state index >= 15 is 0 Å². The summed E-state index contributed by atoms with van der Waals surface area (Å²) in [5.41, 5.74) is 2.47. The number of nitrogens with one attached hydrogen (secondary N) is 2. The highest BCUT2D eigenvalue weighted by Crippen LogP contribution is 2.34. The molecule has 1 fully saturated rings. The molecule has 0 spiro atoms. The molecule has 0 unspecified atom stereocenters. The Hall–Kier alpha value is -1.72. The Kier molecular flexibility index (Phi) is 5.41. The lowest BCUT2D eigenvalue weighted by Gasteiger charge is -2.21. The highest BCUT2D eigenvalue weighted by molar-refractivity contribution is 7.09. The lowest BCUT2D eigenvalue weighted by Crippen LogP contribution is -2.30. The molecule has 23 heavy (non-hydrogen) atoms. The second-order valence-corrected chi connectivity index (χ2v) is 6.96. The van der Waals surface area contributed by atoms with Crippen LogP contribution < -0.4 is 10.6 Å². The number of carbonyl (C=O) groups excluding carboxylic acids is 1. The number of nitrogens with zero attached hydrogens (tertiary/aromatic N) is 1. The standard InChI is InChI=1S/C18H23N3OS/c1-19-17(22)10-18-21-14(12-23-18)11-20-16-9-5-8-15(16)13-6-3-2-4-7-13/h2-4,6-7,12,15-16,20H,5,8-11H2,1H3,(H,19,22)/t15-,16+/m0/s1. The zero-order chi connectivity index (χ0) is 16.1. The van der Waals surface area contributed by atoms with E-state index in [4.69, 9.17) is 0 Å². The molecule has 0 aliphatic heterocycles. The third-order valence-corrected chi connectivity index (χ3v) is 5.38. The van der Waals surface area contributed by atoms with Gasteiger partial charge in [0, 0.05) is 25.0 Å². The van der Waals surface area contributed by atoms with Crippen molar-refractivity contribution >= 4 is 17.2 Å². The van der Waals surface area contributed by atoms with E-state index in [1.807, 2.05) is 0 Å². The maximum absolute atomic E-state index is 11.4. The van der Waals surface area contributed by atoms with E-state index in [9.17, 15) is 4.79 Å². The van der Waals surface area contributed by atoms with Crippen LogP contribution in [0.4, 0.5) is 0 Å². The van der Waals surface area contributed by atoms with Crippen molar-refractivity contribution in [1.82, 2.24) is 15.6 Å². The number of thiazole rings is 1. The van der Waals surface area contributed by atoms with Crippen LogP contribution in [-0.2, 0) is 17.8 Å². The van der Waals surface area contributed by atoms with Crippen LogP contribution in [0.25, 0.3) is 0 Å². The van der Waals surface area contributed by atoms with Gasteiger partial charge in [0.25, 0.3) is 0 Å². The van der Waals surface area contributed by atoms with Gasteiger partial charge in [-0.15, -0.1) is 11.3 Å². The van der Waals surface area contributed by atoms with Gasteiger partial charge in [-0.1, -0.05) is 36.8 Å². The monoisotopic (exact) mass is 329 g/mol. The fourth-order valence-electron chi connectivity index (χ4n) is 3.28. The molecule has 122 valence electrons. The molecular formula is C18H23N3OS. The van der Waals surface area contributed by atoms with Gasteiger partial charge in [-0.25, -0.2) is 4.98 Å². The van der Waals surface area contributed by atoms with Crippen molar-refractivity contribution in [2.24, 2.45) is 0 Å². The molecular weight excluding hydrogens is 306 g/mol. The summed E-state index contributed by atoms with van der Waals surface area (Å²) in [6.45, 7) is 0.776. The van der Waals surface area contributed by atoms with Crippen LogP contribution in [0.15, 0.2) is 35.7 Å². The number of amides is 1. The molecule has 0 saturated heterocycles. The average Bonchev–Trinajstić information content (AvgIpc) is 3.22. The summed E-state index contributed by atoms with van der Waals surface area (Å²) < 4.78 is 0.